The van der Waals surface area contributed by atoms with Gasteiger partial charge in [0.05, 0.1) is 0 Å². The van der Waals surface area contributed by atoms with Crippen LogP contribution in [0.15, 0.2) is 18.2 Å². The summed E-state index contributed by atoms with van der Waals surface area (Å²) in [4.78, 5) is 0. The third kappa shape index (κ3) is 3.14. The normalized spacial score (nSPS) is 11.9. The molecule has 80 valence electrons. The van der Waals surface area contributed by atoms with Gasteiger partial charge in [0.25, 0.3) is 0 Å². The summed E-state index contributed by atoms with van der Waals surface area (Å²) in [5.74, 6) is -0.668. The van der Waals surface area contributed by atoms with Crippen LogP contribution in [0, 0.1) is 5.82 Å². The average Bonchev–Trinajstić information content (AvgIpc) is 2.04. The lowest BCUT2D eigenvalue weighted by molar-refractivity contribution is 0.275. The van der Waals surface area contributed by atoms with E-state index in [-0.39, 0.29) is 24.8 Å². The number of rotatable bonds is 3. The molecule has 3 nitrogen and oxygen atoms in total. The van der Waals surface area contributed by atoms with E-state index in [1.165, 1.54) is 12.1 Å². The number of aliphatic hydroxyl groups is 1. The monoisotopic (exact) mass is 221 g/mol. The third-order valence-electron chi connectivity index (χ3n) is 1.83. The molecule has 0 bridgehead atoms. The van der Waals surface area contributed by atoms with Crippen molar-refractivity contribution in [2.75, 3.05) is 6.61 Å². The largest absolute Gasteiger partial charge is 0.508 e. The van der Waals surface area contributed by atoms with Crippen molar-refractivity contribution in [1.82, 2.24) is 0 Å². The van der Waals surface area contributed by atoms with Gasteiger partial charge in [-0.15, -0.1) is 12.4 Å². The van der Waals surface area contributed by atoms with Crippen LogP contribution in [0.1, 0.15) is 18.0 Å². The Kier molecular flexibility index (Phi) is 5.45. The number of aromatic hydroxyl groups is 1. The van der Waals surface area contributed by atoms with Crippen LogP contribution in [0.2, 0.25) is 0 Å². The maximum Gasteiger partial charge on any atom is 0.126 e. The van der Waals surface area contributed by atoms with E-state index in [9.17, 15) is 9.50 Å². The Labute approximate surface area is 87.8 Å². The summed E-state index contributed by atoms with van der Waals surface area (Å²) in [7, 11) is 0. The zero-order valence-electron chi connectivity index (χ0n) is 7.48. The van der Waals surface area contributed by atoms with E-state index in [0.717, 1.165) is 6.07 Å². The first-order chi connectivity index (χ1) is 6.15. The van der Waals surface area contributed by atoms with Gasteiger partial charge < -0.3 is 15.9 Å². The van der Waals surface area contributed by atoms with Gasteiger partial charge in [0.1, 0.15) is 11.6 Å². The van der Waals surface area contributed by atoms with E-state index in [1.54, 1.807) is 0 Å². The van der Waals surface area contributed by atoms with E-state index in [2.05, 4.69) is 0 Å². The molecule has 0 fully saturated rings. The summed E-state index contributed by atoms with van der Waals surface area (Å²) in [6, 6.07) is 3.20. The van der Waals surface area contributed by atoms with Crippen molar-refractivity contribution in [2.24, 2.45) is 5.73 Å². The predicted octanol–water partition coefficient (Wildman–Crippen LogP) is 1.34. The van der Waals surface area contributed by atoms with Crippen LogP contribution in [-0.4, -0.2) is 16.8 Å². The molecular formula is C9H13ClFNO2. The van der Waals surface area contributed by atoms with Crippen LogP contribution < -0.4 is 5.73 Å². The van der Waals surface area contributed by atoms with Crippen LogP contribution in [-0.2, 0) is 0 Å². The Morgan fingerprint density at radius 1 is 1.43 bits per heavy atom. The second-order valence-corrected chi connectivity index (χ2v) is 2.82. The Morgan fingerprint density at radius 3 is 2.57 bits per heavy atom. The van der Waals surface area contributed by atoms with E-state index in [1.807, 2.05) is 0 Å². The number of nitrogens with two attached hydrogens (primary N) is 1. The molecule has 0 spiro atoms. The fourth-order valence-corrected chi connectivity index (χ4v) is 1.12. The number of hydrogen-bond donors (Lipinski definition) is 3. The molecule has 0 saturated heterocycles. The molecule has 0 aromatic heterocycles. The fraction of sp³-hybridized carbons (Fsp3) is 0.333. The molecule has 0 heterocycles. The van der Waals surface area contributed by atoms with Gasteiger partial charge in [-0.3, -0.25) is 0 Å². The van der Waals surface area contributed by atoms with Crippen LogP contribution in [0.3, 0.4) is 0 Å². The second-order valence-electron chi connectivity index (χ2n) is 2.82. The van der Waals surface area contributed by atoms with E-state index in [4.69, 9.17) is 10.8 Å². The summed E-state index contributed by atoms with van der Waals surface area (Å²) in [6.45, 7) is -0.0576. The first kappa shape index (κ1) is 13.2. The molecule has 14 heavy (non-hydrogen) atoms. The standard InChI is InChI=1S/C9H12FNO2.ClH/c10-6-1-2-7(9(13)5-6)8(11)3-4-12;/h1-2,5,8,12-13H,3-4,11H2;1H. The molecule has 1 aromatic carbocycles. The number of benzene rings is 1. The molecule has 0 amide bonds. The Balaban J connectivity index is 0.00000169. The topological polar surface area (TPSA) is 66.5 Å². The van der Waals surface area contributed by atoms with E-state index >= 15 is 0 Å². The lowest BCUT2D eigenvalue weighted by Gasteiger charge is -2.11. The van der Waals surface area contributed by atoms with Gasteiger partial charge in [-0.25, -0.2) is 4.39 Å². The van der Waals surface area contributed by atoms with Gasteiger partial charge >= 0.3 is 0 Å². The van der Waals surface area contributed by atoms with Crippen LogP contribution in [0.5, 0.6) is 5.75 Å². The van der Waals surface area contributed by atoms with Crippen molar-refractivity contribution in [1.29, 1.82) is 0 Å². The molecule has 5 heteroatoms. The fourth-order valence-electron chi connectivity index (χ4n) is 1.12. The third-order valence-corrected chi connectivity index (χ3v) is 1.83. The van der Waals surface area contributed by atoms with Gasteiger partial charge in [-0.2, -0.15) is 0 Å². The molecule has 1 atom stereocenters. The quantitative estimate of drug-likeness (QED) is 0.722. The minimum Gasteiger partial charge on any atom is -0.508 e. The van der Waals surface area contributed by atoms with Crippen LogP contribution in [0.25, 0.3) is 0 Å². The highest BCUT2D eigenvalue weighted by Crippen LogP contribution is 2.24. The van der Waals surface area contributed by atoms with Crippen LogP contribution in [0.4, 0.5) is 4.39 Å². The lowest BCUT2D eigenvalue weighted by Crippen LogP contribution is -2.12. The number of aliphatic hydroxyl groups excluding tert-OH is 1. The number of phenols is 1. The molecule has 0 aliphatic rings. The van der Waals surface area contributed by atoms with Gasteiger partial charge in [-0.05, 0) is 12.5 Å². The second kappa shape index (κ2) is 5.80. The van der Waals surface area contributed by atoms with Crippen molar-refractivity contribution < 1.29 is 14.6 Å². The smallest absolute Gasteiger partial charge is 0.126 e. The minimum atomic E-state index is -0.502. The van der Waals surface area contributed by atoms with Crippen molar-refractivity contribution in [3.8, 4) is 5.75 Å². The van der Waals surface area contributed by atoms with Gasteiger partial charge in [0, 0.05) is 24.3 Å². The molecule has 1 rings (SSSR count). The summed E-state index contributed by atoms with van der Waals surface area (Å²) in [6.07, 6.45) is 0.346. The number of phenolic OH excluding ortho intramolecular Hbond substituents is 1. The zero-order valence-corrected chi connectivity index (χ0v) is 8.30. The van der Waals surface area contributed by atoms with Gasteiger partial charge in [0.2, 0.25) is 0 Å². The molecular weight excluding hydrogens is 209 g/mol. The maximum atomic E-state index is 12.5. The molecule has 4 N–H and O–H groups in total. The maximum absolute atomic E-state index is 12.5. The molecule has 0 aliphatic carbocycles. The molecule has 0 radical (unpaired) electrons. The number of hydrogen-bond acceptors (Lipinski definition) is 3. The first-order valence-corrected chi connectivity index (χ1v) is 4.00. The van der Waals surface area contributed by atoms with Crippen LogP contribution >= 0.6 is 12.4 Å². The molecule has 1 aromatic rings. The predicted molar refractivity (Wildman–Crippen MR) is 53.9 cm³/mol. The Morgan fingerprint density at radius 2 is 2.07 bits per heavy atom. The minimum absolute atomic E-state index is 0. The summed E-state index contributed by atoms with van der Waals surface area (Å²) < 4.78 is 12.5. The molecule has 1 unspecified atom stereocenters. The van der Waals surface area contributed by atoms with E-state index in [0.29, 0.717) is 12.0 Å². The van der Waals surface area contributed by atoms with Crippen molar-refractivity contribution in [2.45, 2.75) is 12.5 Å². The highest BCUT2D eigenvalue weighted by atomic mass is 35.5. The Bertz CT molecular complexity index is 296. The molecule has 0 saturated carbocycles. The van der Waals surface area contributed by atoms with Gasteiger partial charge in [0.15, 0.2) is 0 Å². The average molecular weight is 222 g/mol. The van der Waals surface area contributed by atoms with Crippen molar-refractivity contribution in [3.05, 3.63) is 29.6 Å². The van der Waals surface area contributed by atoms with Gasteiger partial charge in [-0.1, -0.05) is 6.07 Å². The first-order valence-electron chi connectivity index (χ1n) is 4.00. The summed E-state index contributed by atoms with van der Waals surface area (Å²) >= 11 is 0. The number of halogens is 2. The summed E-state index contributed by atoms with van der Waals surface area (Å²) in [5, 5.41) is 17.9. The van der Waals surface area contributed by atoms with Crippen molar-refractivity contribution in [3.63, 3.8) is 0 Å². The lowest BCUT2D eigenvalue weighted by atomic mass is 10.0. The molecule has 0 aliphatic heterocycles. The summed E-state index contributed by atoms with van der Waals surface area (Å²) in [5.41, 5.74) is 6.07. The highest BCUT2D eigenvalue weighted by molar-refractivity contribution is 5.85. The zero-order chi connectivity index (χ0) is 9.84. The van der Waals surface area contributed by atoms with Crippen molar-refractivity contribution >= 4 is 12.4 Å². The highest BCUT2D eigenvalue weighted by Gasteiger charge is 2.10. The SMILES string of the molecule is Cl.NC(CCO)c1ccc(F)cc1O. The van der Waals surface area contributed by atoms with E-state index < -0.39 is 11.9 Å². The Hall–Kier alpha value is -0.840.